The summed E-state index contributed by atoms with van der Waals surface area (Å²) in [4.78, 5) is 6.60. The molecule has 0 spiro atoms. The van der Waals surface area contributed by atoms with Crippen LogP contribution in [-0.4, -0.2) is 11.5 Å². The predicted octanol–water partition coefficient (Wildman–Crippen LogP) is 4.07. The van der Waals surface area contributed by atoms with Crippen LogP contribution in [0.4, 0.5) is 5.82 Å². The van der Waals surface area contributed by atoms with E-state index in [4.69, 9.17) is 11.6 Å². The highest BCUT2D eigenvalue weighted by atomic mass is 35.5. The number of anilines is 1. The zero-order valence-electron chi connectivity index (χ0n) is 10.7. The van der Waals surface area contributed by atoms with Crippen LogP contribution in [0.25, 0.3) is 0 Å². The molecule has 0 aliphatic carbocycles. The Morgan fingerprint density at radius 2 is 1.94 bits per heavy atom. The van der Waals surface area contributed by atoms with Crippen LogP contribution < -0.4 is 4.90 Å². The second-order valence-corrected chi connectivity index (χ2v) is 4.71. The number of pyridine rings is 1. The molecular formula is C15H17ClN2. The monoisotopic (exact) mass is 260 g/mol. The molecule has 1 aromatic heterocycles. The first-order valence-corrected chi connectivity index (χ1v) is 6.49. The van der Waals surface area contributed by atoms with Crippen molar-refractivity contribution in [2.45, 2.75) is 20.4 Å². The Morgan fingerprint density at radius 3 is 2.56 bits per heavy atom. The smallest absolute Gasteiger partial charge is 0.128 e. The number of aryl methyl sites for hydroxylation is 1. The summed E-state index contributed by atoms with van der Waals surface area (Å²) in [6.45, 7) is 6.06. The summed E-state index contributed by atoms with van der Waals surface area (Å²) in [6, 6.07) is 12.3. The molecule has 0 unspecified atom stereocenters. The van der Waals surface area contributed by atoms with Gasteiger partial charge in [-0.2, -0.15) is 0 Å². The summed E-state index contributed by atoms with van der Waals surface area (Å²) in [5.41, 5.74) is 2.64. The maximum Gasteiger partial charge on any atom is 0.128 e. The minimum Gasteiger partial charge on any atom is -0.353 e. The molecule has 1 heterocycles. The van der Waals surface area contributed by atoms with Gasteiger partial charge >= 0.3 is 0 Å². The molecule has 0 atom stereocenters. The lowest BCUT2D eigenvalue weighted by Crippen LogP contribution is -2.23. The molecular weight excluding hydrogens is 244 g/mol. The van der Waals surface area contributed by atoms with Crippen molar-refractivity contribution < 1.29 is 0 Å². The molecule has 18 heavy (non-hydrogen) atoms. The molecule has 0 aliphatic heterocycles. The quantitative estimate of drug-likeness (QED) is 0.824. The van der Waals surface area contributed by atoms with Gasteiger partial charge in [0.2, 0.25) is 0 Å². The van der Waals surface area contributed by atoms with Gasteiger partial charge < -0.3 is 4.90 Å². The molecule has 2 aromatic rings. The minimum absolute atomic E-state index is 0.672. The van der Waals surface area contributed by atoms with E-state index in [0.29, 0.717) is 5.02 Å². The summed E-state index contributed by atoms with van der Waals surface area (Å²) in [5, 5.41) is 0.672. The molecule has 0 radical (unpaired) electrons. The molecule has 0 bridgehead atoms. The fraction of sp³-hybridized carbons (Fsp3) is 0.267. The van der Waals surface area contributed by atoms with Crippen LogP contribution in [0.15, 0.2) is 42.6 Å². The van der Waals surface area contributed by atoms with E-state index in [0.717, 1.165) is 18.9 Å². The Hall–Kier alpha value is -1.54. The normalized spacial score (nSPS) is 10.4. The number of hydrogen-bond acceptors (Lipinski definition) is 2. The standard InChI is InChI=1S/C15H17ClN2/c1-3-18(15-9-8-14(16)10-17-15)11-13-7-5-4-6-12(13)2/h4-10H,3,11H2,1-2H3. The fourth-order valence-corrected chi connectivity index (χ4v) is 2.01. The molecule has 2 nitrogen and oxygen atoms in total. The van der Waals surface area contributed by atoms with E-state index in [2.05, 4.69) is 48.0 Å². The number of rotatable bonds is 4. The highest BCUT2D eigenvalue weighted by Gasteiger charge is 2.07. The van der Waals surface area contributed by atoms with E-state index in [1.165, 1.54) is 11.1 Å². The van der Waals surface area contributed by atoms with E-state index >= 15 is 0 Å². The zero-order chi connectivity index (χ0) is 13.0. The highest BCUT2D eigenvalue weighted by Crippen LogP contribution is 2.18. The van der Waals surface area contributed by atoms with Crippen LogP contribution in [0.5, 0.6) is 0 Å². The van der Waals surface area contributed by atoms with Crippen molar-refractivity contribution in [1.82, 2.24) is 4.98 Å². The number of nitrogens with zero attached hydrogens (tertiary/aromatic N) is 2. The van der Waals surface area contributed by atoms with Gasteiger partial charge in [0.15, 0.2) is 0 Å². The number of aromatic nitrogens is 1. The Bertz CT molecular complexity index is 508. The average molecular weight is 261 g/mol. The molecule has 0 saturated carbocycles. The van der Waals surface area contributed by atoms with Gasteiger partial charge in [0.25, 0.3) is 0 Å². The third-order valence-electron chi connectivity index (χ3n) is 3.04. The second-order valence-electron chi connectivity index (χ2n) is 4.28. The van der Waals surface area contributed by atoms with Crippen LogP contribution in [0.1, 0.15) is 18.1 Å². The van der Waals surface area contributed by atoms with Crippen LogP contribution in [-0.2, 0) is 6.54 Å². The summed E-state index contributed by atoms with van der Waals surface area (Å²) >= 11 is 5.86. The van der Waals surface area contributed by atoms with Crippen LogP contribution >= 0.6 is 11.6 Å². The number of hydrogen-bond donors (Lipinski definition) is 0. The van der Waals surface area contributed by atoms with E-state index < -0.39 is 0 Å². The van der Waals surface area contributed by atoms with Gasteiger partial charge in [-0.3, -0.25) is 0 Å². The van der Waals surface area contributed by atoms with Crippen molar-refractivity contribution in [3.8, 4) is 0 Å². The summed E-state index contributed by atoms with van der Waals surface area (Å²) in [6.07, 6.45) is 1.69. The third-order valence-corrected chi connectivity index (χ3v) is 3.26. The average Bonchev–Trinajstić information content (AvgIpc) is 2.39. The minimum atomic E-state index is 0.672. The largest absolute Gasteiger partial charge is 0.353 e. The molecule has 0 aliphatic rings. The zero-order valence-corrected chi connectivity index (χ0v) is 11.5. The van der Waals surface area contributed by atoms with Crippen molar-refractivity contribution in [2.24, 2.45) is 0 Å². The fourth-order valence-electron chi connectivity index (χ4n) is 1.90. The van der Waals surface area contributed by atoms with Gasteiger partial charge in [0.1, 0.15) is 5.82 Å². The SMILES string of the molecule is CCN(Cc1ccccc1C)c1ccc(Cl)cn1. The maximum atomic E-state index is 5.86. The van der Waals surface area contributed by atoms with Gasteiger partial charge in [-0.15, -0.1) is 0 Å². The molecule has 0 N–H and O–H groups in total. The lowest BCUT2D eigenvalue weighted by atomic mass is 10.1. The molecule has 0 fully saturated rings. The van der Waals surface area contributed by atoms with Gasteiger partial charge in [-0.25, -0.2) is 4.98 Å². The van der Waals surface area contributed by atoms with E-state index in [9.17, 15) is 0 Å². The van der Waals surface area contributed by atoms with E-state index in [1.807, 2.05) is 12.1 Å². The lowest BCUT2D eigenvalue weighted by molar-refractivity contribution is 0.810. The van der Waals surface area contributed by atoms with Crippen molar-refractivity contribution in [1.29, 1.82) is 0 Å². The number of halogens is 1. The van der Waals surface area contributed by atoms with Crippen LogP contribution in [0.2, 0.25) is 5.02 Å². The van der Waals surface area contributed by atoms with E-state index in [1.54, 1.807) is 6.20 Å². The Balaban J connectivity index is 2.20. The first-order chi connectivity index (χ1) is 8.70. The molecule has 1 aromatic carbocycles. The third kappa shape index (κ3) is 3.02. The summed E-state index contributed by atoms with van der Waals surface area (Å²) < 4.78 is 0. The first kappa shape index (κ1) is 12.9. The van der Waals surface area contributed by atoms with Crippen molar-refractivity contribution in [2.75, 3.05) is 11.4 Å². The first-order valence-electron chi connectivity index (χ1n) is 6.11. The van der Waals surface area contributed by atoms with Crippen LogP contribution in [0, 0.1) is 6.92 Å². The number of benzene rings is 1. The second kappa shape index (κ2) is 5.87. The molecule has 0 amide bonds. The van der Waals surface area contributed by atoms with Crippen molar-refractivity contribution in [3.05, 3.63) is 58.7 Å². The lowest BCUT2D eigenvalue weighted by Gasteiger charge is -2.22. The van der Waals surface area contributed by atoms with E-state index in [-0.39, 0.29) is 0 Å². The topological polar surface area (TPSA) is 16.1 Å². The molecule has 3 heteroatoms. The molecule has 2 rings (SSSR count). The van der Waals surface area contributed by atoms with Crippen molar-refractivity contribution in [3.63, 3.8) is 0 Å². The molecule has 94 valence electrons. The van der Waals surface area contributed by atoms with Crippen LogP contribution in [0.3, 0.4) is 0 Å². The summed E-state index contributed by atoms with van der Waals surface area (Å²) in [7, 11) is 0. The highest BCUT2D eigenvalue weighted by molar-refractivity contribution is 6.30. The van der Waals surface area contributed by atoms with Crippen molar-refractivity contribution >= 4 is 17.4 Å². The van der Waals surface area contributed by atoms with Gasteiger partial charge in [-0.1, -0.05) is 35.9 Å². The maximum absolute atomic E-state index is 5.86. The van der Waals surface area contributed by atoms with Gasteiger partial charge in [0, 0.05) is 19.3 Å². The Kier molecular flexibility index (Phi) is 4.21. The molecule has 0 saturated heterocycles. The Morgan fingerprint density at radius 1 is 1.17 bits per heavy atom. The Labute approximate surface area is 113 Å². The van der Waals surface area contributed by atoms with Gasteiger partial charge in [-0.05, 0) is 37.1 Å². The van der Waals surface area contributed by atoms with Gasteiger partial charge in [0.05, 0.1) is 5.02 Å². The summed E-state index contributed by atoms with van der Waals surface area (Å²) in [5.74, 6) is 0.963. The predicted molar refractivity (Wildman–Crippen MR) is 77.2 cm³/mol.